The molecule has 2 aromatic carbocycles. The molecule has 166 valence electrons. The Morgan fingerprint density at radius 2 is 1.58 bits per heavy atom. The average Bonchev–Trinajstić information content (AvgIpc) is 2.82. The number of nitrogens with zero attached hydrogens (tertiary/aromatic N) is 2. The third kappa shape index (κ3) is 5.39. The number of benzene rings is 2. The summed E-state index contributed by atoms with van der Waals surface area (Å²) in [7, 11) is 6.33. The summed E-state index contributed by atoms with van der Waals surface area (Å²) in [5, 5.41) is 9.41. The van der Waals surface area contributed by atoms with Crippen LogP contribution in [0.3, 0.4) is 0 Å². The lowest BCUT2D eigenvalue weighted by Gasteiger charge is -2.32. The van der Waals surface area contributed by atoms with E-state index in [1.54, 1.807) is 52.9 Å². The van der Waals surface area contributed by atoms with Gasteiger partial charge in [-0.1, -0.05) is 0 Å². The van der Waals surface area contributed by atoms with Gasteiger partial charge in [-0.25, -0.2) is 0 Å². The molecule has 1 saturated heterocycles. The Morgan fingerprint density at radius 1 is 0.935 bits per heavy atom. The first-order valence-corrected chi connectivity index (χ1v) is 10.1. The number of carbonyl (C=O) groups excluding carboxylic acids is 1. The topological polar surface area (TPSA) is 81.6 Å². The van der Waals surface area contributed by atoms with Crippen LogP contribution in [0.25, 0.3) is 0 Å². The highest BCUT2D eigenvalue weighted by Gasteiger charge is 2.28. The van der Waals surface area contributed by atoms with E-state index in [0.717, 1.165) is 24.8 Å². The van der Waals surface area contributed by atoms with E-state index in [1.807, 2.05) is 23.2 Å². The second kappa shape index (κ2) is 10.6. The van der Waals surface area contributed by atoms with Crippen LogP contribution in [0.1, 0.15) is 24.8 Å². The van der Waals surface area contributed by atoms with Gasteiger partial charge in [0.25, 0.3) is 0 Å². The molecule has 0 saturated carbocycles. The fraction of sp³-hybridized carbons (Fsp3) is 0.391. The van der Waals surface area contributed by atoms with Gasteiger partial charge in [-0.2, -0.15) is 5.10 Å². The van der Waals surface area contributed by atoms with Crippen molar-refractivity contribution in [1.29, 1.82) is 0 Å². The first-order valence-electron chi connectivity index (χ1n) is 10.1. The molecule has 3 rings (SSSR count). The fourth-order valence-corrected chi connectivity index (χ4v) is 3.53. The van der Waals surface area contributed by atoms with Crippen molar-refractivity contribution in [3.8, 4) is 23.0 Å². The Hall–Kier alpha value is -3.42. The highest BCUT2D eigenvalue weighted by atomic mass is 16.5. The van der Waals surface area contributed by atoms with Gasteiger partial charge in [0, 0.05) is 18.3 Å². The number of anilines is 1. The Kier molecular flexibility index (Phi) is 7.59. The highest BCUT2D eigenvalue weighted by molar-refractivity contribution is 5.95. The van der Waals surface area contributed by atoms with Crippen molar-refractivity contribution in [2.24, 2.45) is 5.10 Å². The molecule has 1 unspecified atom stereocenters. The van der Waals surface area contributed by atoms with Crippen LogP contribution < -0.4 is 24.3 Å². The van der Waals surface area contributed by atoms with Gasteiger partial charge in [-0.15, -0.1) is 0 Å². The van der Waals surface area contributed by atoms with E-state index < -0.39 is 0 Å². The minimum Gasteiger partial charge on any atom is -0.493 e. The summed E-state index contributed by atoms with van der Waals surface area (Å²) in [6.45, 7) is 0.716. The van der Waals surface area contributed by atoms with Gasteiger partial charge in [0.2, 0.25) is 5.91 Å². The number of methoxy groups -OCH3 is 4. The molecule has 1 atom stereocenters. The molecule has 1 aliphatic heterocycles. The minimum absolute atomic E-state index is 0.101. The summed E-state index contributed by atoms with van der Waals surface area (Å²) in [4.78, 5) is 13.0. The van der Waals surface area contributed by atoms with E-state index in [4.69, 9.17) is 18.9 Å². The number of hydrazone groups is 1. The molecule has 0 bridgehead atoms. The molecule has 1 N–H and O–H groups in total. The Labute approximate surface area is 182 Å². The number of ether oxygens (including phenoxy) is 4. The monoisotopic (exact) mass is 427 g/mol. The van der Waals surface area contributed by atoms with Crippen LogP contribution in [0.2, 0.25) is 0 Å². The van der Waals surface area contributed by atoms with Crippen molar-refractivity contribution in [3.05, 3.63) is 42.0 Å². The molecular formula is C23H29N3O5. The van der Waals surface area contributed by atoms with Crippen LogP contribution in [0, 0.1) is 0 Å². The molecule has 1 heterocycles. The smallest absolute Gasteiger partial charge is 0.248 e. The van der Waals surface area contributed by atoms with Crippen molar-refractivity contribution < 1.29 is 23.7 Å². The lowest BCUT2D eigenvalue weighted by molar-refractivity contribution is -0.122. The maximum atomic E-state index is 13.0. The second-order valence-electron chi connectivity index (χ2n) is 7.09. The number of carbonyl (C=O) groups is 1. The van der Waals surface area contributed by atoms with Gasteiger partial charge >= 0.3 is 0 Å². The van der Waals surface area contributed by atoms with Crippen LogP contribution in [-0.4, -0.2) is 58.2 Å². The molecule has 0 aliphatic carbocycles. The van der Waals surface area contributed by atoms with Crippen molar-refractivity contribution in [2.45, 2.75) is 25.3 Å². The largest absolute Gasteiger partial charge is 0.493 e. The molecule has 0 spiro atoms. The molecule has 31 heavy (non-hydrogen) atoms. The SMILES string of the molecule is COc1ccc(/C=N/N2CCCCC2C(=O)Nc2ccc(OC)c(OC)c2)cc1OC. The first kappa shape index (κ1) is 22.3. The van der Waals surface area contributed by atoms with Gasteiger partial charge in [-0.05, 0) is 55.2 Å². The highest BCUT2D eigenvalue weighted by Crippen LogP contribution is 2.30. The summed E-state index contributed by atoms with van der Waals surface area (Å²) in [5.74, 6) is 2.36. The molecule has 1 amide bonds. The fourth-order valence-electron chi connectivity index (χ4n) is 3.53. The molecule has 0 aromatic heterocycles. The van der Waals surface area contributed by atoms with Crippen molar-refractivity contribution >= 4 is 17.8 Å². The Balaban J connectivity index is 1.73. The zero-order valence-electron chi connectivity index (χ0n) is 18.4. The number of piperidine rings is 1. The molecule has 8 nitrogen and oxygen atoms in total. The van der Waals surface area contributed by atoms with Crippen LogP contribution in [0.15, 0.2) is 41.5 Å². The maximum absolute atomic E-state index is 13.0. The van der Waals surface area contributed by atoms with E-state index in [-0.39, 0.29) is 11.9 Å². The number of nitrogens with one attached hydrogen (secondary N) is 1. The minimum atomic E-state index is -0.349. The third-order valence-corrected chi connectivity index (χ3v) is 5.19. The van der Waals surface area contributed by atoms with Gasteiger partial charge in [0.05, 0.1) is 34.7 Å². The van der Waals surface area contributed by atoms with Crippen LogP contribution >= 0.6 is 0 Å². The lowest BCUT2D eigenvalue weighted by Crippen LogP contribution is -2.44. The van der Waals surface area contributed by atoms with E-state index >= 15 is 0 Å². The lowest BCUT2D eigenvalue weighted by atomic mass is 10.0. The molecule has 2 aromatic rings. The third-order valence-electron chi connectivity index (χ3n) is 5.19. The molecule has 0 radical (unpaired) electrons. The normalized spacial score (nSPS) is 16.1. The van der Waals surface area contributed by atoms with E-state index in [9.17, 15) is 4.79 Å². The number of hydrogen-bond acceptors (Lipinski definition) is 7. The molecule has 1 fully saturated rings. The Bertz CT molecular complexity index is 931. The second-order valence-corrected chi connectivity index (χ2v) is 7.09. The number of hydrogen-bond donors (Lipinski definition) is 1. The van der Waals surface area contributed by atoms with Crippen LogP contribution in [0.5, 0.6) is 23.0 Å². The zero-order chi connectivity index (χ0) is 22.2. The predicted octanol–water partition coefficient (Wildman–Crippen LogP) is 3.55. The summed E-state index contributed by atoms with van der Waals surface area (Å²) < 4.78 is 21.2. The van der Waals surface area contributed by atoms with Crippen molar-refractivity contribution in [3.63, 3.8) is 0 Å². The zero-order valence-corrected chi connectivity index (χ0v) is 18.4. The van der Waals surface area contributed by atoms with Crippen molar-refractivity contribution in [1.82, 2.24) is 5.01 Å². The maximum Gasteiger partial charge on any atom is 0.248 e. The molecule has 8 heteroatoms. The number of amides is 1. The quantitative estimate of drug-likeness (QED) is 0.649. The van der Waals surface area contributed by atoms with Crippen molar-refractivity contribution in [2.75, 3.05) is 40.3 Å². The van der Waals surface area contributed by atoms with E-state index in [1.165, 1.54) is 0 Å². The van der Waals surface area contributed by atoms with Gasteiger partial charge in [0.1, 0.15) is 6.04 Å². The van der Waals surface area contributed by atoms with Crippen LogP contribution in [0.4, 0.5) is 5.69 Å². The molecule has 1 aliphatic rings. The first-order chi connectivity index (χ1) is 15.1. The number of rotatable bonds is 8. The summed E-state index contributed by atoms with van der Waals surface area (Å²) >= 11 is 0. The van der Waals surface area contributed by atoms with Gasteiger partial charge < -0.3 is 24.3 Å². The standard InChI is InChI=1S/C23H29N3O5/c1-28-19-10-8-16(13-21(19)30-3)15-24-26-12-6-5-7-18(26)23(27)25-17-9-11-20(29-2)22(14-17)31-4/h8-11,13-15,18H,5-7,12H2,1-4H3,(H,25,27)/b24-15+. The van der Waals surface area contributed by atoms with E-state index in [0.29, 0.717) is 35.2 Å². The van der Waals surface area contributed by atoms with E-state index in [2.05, 4.69) is 10.4 Å². The summed E-state index contributed by atoms with van der Waals surface area (Å²) in [6, 6.07) is 10.5. The summed E-state index contributed by atoms with van der Waals surface area (Å²) in [5.41, 5.74) is 1.51. The predicted molar refractivity (Wildman–Crippen MR) is 120 cm³/mol. The van der Waals surface area contributed by atoms with Gasteiger partial charge in [-0.3, -0.25) is 9.80 Å². The summed E-state index contributed by atoms with van der Waals surface area (Å²) in [6.07, 6.45) is 4.45. The molecular weight excluding hydrogens is 398 g/mol. The van der Waals surface area contributed by atoms with Crippen LogP contribution in [-0.2, 0) is 4.79 Å². The average molecular weight is 428 g/mol. The Morgan fingerprint density at radius 3 is 2.26 bits per heavy atom. The van der Waals surface area contributed by atoms with Gasteiger partial charge in [0.15, 0.2) is 23.0 Å².